The number of rotatable bonds is 6. The van der Waals surface area contributed by atoms with E-state index in [1.165, 1.54) is 25.1 Å². The third-order valence-electron chi connectivity index (χ3n) is 3.51. The Morgan fingerprint density at radius 3 is 2.78 bits per heavy atom. The van der Waals surface area contributed by atoms with Crippen LogP contribution in [0, 0.1) is 0 Å². The molecule has 1 unspecified atom stereocenters. The van der Waals surface area contributed by atoms with Crippen LogP contribution in [0.5, 0.6) is 0 Å². The van der Waals surface area contributed by atoms with E-state index in [1.54, 1.807) is 0 Å². The Kier molecular flexibility index (Phi) is 5.17. The topological polar surface area (TPSA) is 18.5 Å². The first kappa shape index (κ1) is 13.5. The highest BCUT2D eigenvalue weighted by Crippen LogP contribution is 2.13. The van der Waals surface area contributed by atoms with Gasteiger partial charge in [-0.2, -0.15) is 0 Å². The third kappa shape index (κ3) is 4.41. The molecule has 1 N–H and O–H groups in total. The summed E-state index contributed by atoms with van der Waals surface area (Å²) >= 11 is 0. The zero-order valence-electron chi connectivity index (χ0n) is 11.6. The average Bonchev–Trinajstić information content (AvgIpc) is 2.78. The van der Waals surface area contributed by atoms with Gasteiger partial charge in [0.05, 0.1) is 0 Å². The maximum atomic E-state index is 3.65. The molecule has 1 heterocycles. The summed E-state index contributed by atoms with van der Waals surface area (Å²) in [4.78, 5) is 4.77. The maximum Gasteiger partial charge on any atom is 0.0234 e. The Hall–Kier alpha value is -0.900. The SMILES string of the molecule is CN(C)CCNC1CCN(Cc2ccccc2)C1. The van der Waals surface area contributed by atoms with Gasteiger partial charge in [-0.25, -0.2) is 0 Å². The highest BCUT2D eigenvalue weighted by molar-refractivity contribution is 5.14. The quantitative estimate of drug-likeness (QED) is 0.820. The summed E-state index contributed by atoms with van der Waals surface area (Å²) in [7, 11) is 4.25. The van der Waals surface area contributed by atoms with Gasteiger partial charge in [-0.1, -0.05) is 30.3 Å². The highest BCUT2D eigenvalue weighted by atomic mass is 15.2. The molecule has 0 spiro atoms. The van der Waals surface area contributed by atoms with E-state index < -0.39 is 0 Å². The molecule has 1 atom stereocenters. The third-order valence-corrected chi connectivity index (χ3v) is 3.51. The first-order valence-corrected chi connectivity index (χ1v) is 6.88. The van der Waals surface area contributed by atoms with Crippen LogP contribution < -0.4 is 5.32 Å². The molecule has 0 bridgehead atoms. The van der Waals surface area contributed by atoms with E-state index in [1.807, 2.05) is 0 Å². The van der Waals surface area contributed by atoms with Gasteiger partial charge in [0, 0.05) is 38.8 Å². The summed E-state index contributed by atoms with van der Waals surface area (Å²) in [5.74, 6) is 0. The Bertz CT molecular complexity index is 337. The maximum absolute atomic E-state index is 3.65. The number of nitrogens with one attached hydrogen (secondary N) is 1. The summed E-state index contributed by atoms with van der Waals surface area (Å²) in [6.07, 6.45) is 1.28. The second-order valence-electron chi connectivity index (χ2n) is 5.46. The van der Waals surface area contributed by atoms with Crippen LogP contribution in [0.15, 0.2) is 30.3 Å². The van der Waals surface area contributed by atoms with Gasteiger partial charge in [0.2, 0.25) is 0 Å². The van der Waals surface area contributed by atoms with Gasteiger partial charge in [-0.3, -0.25) is 4.90 Å². The van der Waals surface area contributed by atoms with Crippen LogP contribution in [0.2, 0.25) is 0 Å². The molecule has 0 aromatic heterocycles. The molecule has 0 amide bonds. The summed E-state index contributed by atoms with van der Waals surface area (Å²) in [5, 5.41) is 3.65. The van der Waals surface area contributed by atoms with E-state index in [-0.39, 0.29) is 0 Å². The molecule has 1 saturated heterocycles. The molecule has 0 aliphatic carbocycles. The van der Waals surface area contributed by atoms with Crippen LogP contribution in [0.1, 0.15) is 12.0 Å². The smallest absolute Gasteiger partial charge is 0.0234 e. The standard InChI is InChI=1S/C15H25N3/c1-17(2)11-9-16-15-8-10-18(13-15)12-14-6-4-3-5-7-14/h3-7,15-16H,8-13H2,1-2H3. The van der Waals surface area contributed by atoms with Gasteiger partial charge in [-0.05, 0) is 26.1 Å². The van der Waals surface area contributed by atoms with Crippen LogP contribution in [0.25, 0.3) is 0 Å². The van der Waals surface area contributed by atoms with Gasteiger partial charge in [0.25, 0.3) is 0 Å². The molecule has 1 aliphatic heterocycles. The van der Waals surface area contributed by atoms with E-state index in [0.29, 0.717) is 6.04 Å². The molecule has 1 aliphatic rings. The molecule has 2 rings (SSSR count). The van der Waals surface area contributed by atoms with Crippen LogP contribution in [0.3, 0.4) is 0 Å². The average molecular weight is 247 g/mol. The second-order valence-corrected chi connectivity index (χ2v) is 5.46. The lowest BCUT2D eigenvalue weighted by atomic mass is 10.2. The highest BCUT2D eigenvalue weighted by Gasteiger charge is 2.21. The van der Waals surface area contributed by atoms with Crippen LogP contribution in [-0.4, -0.2) is 56.1 Å². The van der Waals surface area contributed by atoms with Gasteiger partial charge < -0.3 is 10.2 Å². The molecule has 100 valence electrons. The molecule has 1 aromatic carbocycles. The lowest BCUT2D eigenvalue weighted by Crippen LogP contribution is -2.36. The lowest BCUT2D eigenvalue weighted by Gasteiger charge is -2.17. The summed E-state index contributed by atoms with van der Waals surface area (Å²) in [5.41, 5.74) is 1.42. The summed E-state index contributed by atoms with van der Waals surface area (Å²) < 4.78 is 0. The van der Waals surface area contributed by atoms with Gasteiger partial charge in [0.1, 0.15) is 0 Å². The molecule has 1 aromatic rings. The van der Waals surface area contributed by atoms with Crippen LogP contribution in [0.4, 0.5) is 0 Å². The van der Waals surface area contributed by atoms with E-state index in [0.717, 1.165) is 19.6 Å². The van der Waals surface area contributed by atoms with Crippen molar-refractivity contribution in [3.8, 4) is 0 Å². The molecular formula is C15H25N3. The number of hydrogen-bond acceptors (Lipinski definition) is 3. The monoisotopic (exact) mass is 247 g/mol. The first-order valence-electron chi connectivity index (χ1n) is 6.88. The number of hydrogen-bond donors (Lipinski definition) is 1. The minimum absolute atomic E-state index is 0.675. The van der Waals surface area contributed by atoms with Crippen molar-refractivity contribution in [2.24, 2.45) is 0 Å². The summed E-state index contributed by atoms with van der Waals surface area (Å²) in [6, 6.07) is 11.4. The Morgan fingerprint density at radius 2 is 2.06 bits per heavy atom. The largest absolute Gasteiger partial charge is 0.311 e. The van der Waals surface area contributed by atoms with E-state index in [2.05, 4.69) is 59.5 Å². The van der Waals surface area contributed by atoms with Crippen LogP contribution in [-0.2, 0) is 6.54 Å². The van der Waals surface area contributed by atoms with E-state index in [9.17, 15) is 0 Å². The molecule has 3 heteroatoms. The molecule has 18 heavy (non-hydrogen) atoms. The molecular weight excluding hydrogens is 222 g/mol. The fourth-order valence-corrected chi connectivity index (χ4v) is 2.48. The van der Waals surface area contributed by atoms with Crippen molar-refractivity contribution in [1.82, 2.24) is 15.1 Å². The minimum Gasteiger partial charge on any atom is -0.311 e. The normalized spacial score (nSPS) is 20.7. The molecule has 1 fully saturated rings. The van der Waals surface area contributed by atoms with Crippen molar-refractivity contribution in [2.75, 3.05) is 40.3 Å². The molecule has 0 saturated carbocycles. The second kappa shape index (κ2) is 6.88. The summed E-state index contributed by atoms with van der Waals surface area (Å²) in [6.45, 7) is 5.70. The van der Waals surface area contributed by atoms with Gasteiger partial charge in [0.15, 0.2) is 0 Å². The fourth-order valence-electron chi connectivity index (χ4n) is 2.48. The van der Waals surface area contributed by atoms with Gasteiger partial charge >= 0.3 is 0 Å². The van der Waals surface area contributed by atoms with Crippen molar-refractivity contribution >= 4 is 0 Å². The Labute approximate surface area is 111 Å². The zero-order chi connectivity index (χ0) is 12.8. The van der Waals surface area contributed by atoms with Crippen molar-refractivity contribution in [2.45, 2.75) is 19.0 Å². The lowest BCUT2D eigenvalue weighted by molar-refractivity contribution is 0.316. The van der Waals surface area contributed by atoms with Crippen molar-refractivity contribution in [3.63, 3.8) is 0 Å². The zero-order valence-corrected chi connectivity index (χ0v) is 11.6. The van der Waals surface area contributed by atoms with Crippen molar-refractivity contribution < 1.29 is 0 Å². The van der Waals surface area contributed by atoms with Gasteiger partial charge in [-0.15, -0.1) is 0 Å². The Balaban J connectivity index is 1.69. The number of benzene rings is 1. The number of nitrogens with zero attached hydrogens (tertiary/aromatic N) is 2. The van der Waals surface area contributed by atoms with E-state index >= 15 is 0 Å². The minimum atomic E-state index is 0.675. The Morgan fingerprint density at radius 1 is 1.28 bits per heavy atom. The predicted molar refractivity (Wildman–Crippen MR) is 76.7 cm³/mol. The number of likely N-dealkylation sites (tertiary alicyclic amines) is 1. The van der Waals surface area contributed by atoms with Crippen LogP contribution >= 0.6 is 0 Å². The van der Waals surface area contributed by atoms with Crippen molar-refractivity contribution in [3.05, 3.63) is 35.9 Å². The first-order chi connectivity index (χ1) is 8.74. The molecule has 3 nitrogen and oxygen atoms in total. The van der Waals surface area contributed by atoms with Crippen molar-refractivity contribution in [1.29, 1.82) is 0 Å². The number of likely N-dealkylation sites (N-methyl/N-ethyl adjacent to an activating group) is 1. The van der Waals surface area contributed by atoms with E-state index in [4.69, 9.17) is 0 Å². The fraction of sp³-hybridized carbons (Fsp3) is 0.600. The molecule has 0 radical (unpaired) electrons. The predicted octanol–water partition coefficient (Wildman–Crippen LogP) is 1.41.